The first-order valence-electron chi connectivity index (χ1n) is 14.9. The molecule has 2 N–H and O–H groups in total. The number of alkyl halides is 6. The maximum absolute atomic E-state index is 13.6. The molecule has 0 radical (unpaired) electrons. The molecule has 2 nitrogen and oxygen atoms in total. The number of thiocarbonyl (C=S) groups is 1. The fourth-order valence-corrected chi connectivity index (χ4v) is 10.5. The molecule has 0 unspecified atom stereocenters. The van der Waals surface area contributed by atoms with Crippen LogP contribution in [0, 0.1) is 0 Å². The summed E-state index contributed by atoms with van der Waals surface area (Å²) in [5.41, 5.74) is -1.08. The average molecular weight is 682 g/mol. The summed E-state index contributed by atoms with van der Waals surface area (Å²) in [5.74, 6) is 0. The van der Waals surface area contributed by atoms with Crippen molar-refractivity contribution in [1.82, 2.24) is 5.32 Å². The molecule has 0 fully saturated rings. The molecule has 0 aliphatic carbocycles. The summed E-state index contributed by atoms with van der Waals surface area (Å²) in [4.78, 5) is 0. The third-order valence-corrected chi connectivity index (χ3v) is 12.6. The Bertz CT molecular complexity index is 1680. The predicted molar refractivity (Wildman–Crippen MR) is 184 cm³/mol. The lowest BCUT2D eigenvalue weighted by Gasteiger charge is -2.32. The van der Waals surface area contributed by atoms with Gasteiger partial charge in [0.1, 0.15) is 0 Å². The number of rotatable bonds is 10. The molecule has 5 aromatic rings. The lowest BCUT2D eigenvalue weighted by Crippen LogP contribution is -2.44. The van der Waals surface area contributed by atoms with E-state index < -0.39 is 36.4 Å². The normalized spacial score (nSPS) is 12.7. The van der Waals surface area contributed by atoms with E-state index in [1.807, 2.05) is 84.9 Å². The van der Waals surface area contributed by atoms with E-state index in [1.165, 1.54) is 10.6 Å². The van der Waals surface area contributed by atoms with Crippen LogP contribution in [0.2, 0.25) is 0 Å². The van der Waals surface area contributed by atoms with Gasteiger partial charge in [0.15, 0.2) is 5.11 Å². The minimum atomic E-state index is -4.98. The lowest BCUT2D eigenvalue weighted by atomic mass is 10.1. The van der Waals surface area contributed by atoms with Gasteiger partial charge in [-0.25, -0.2) is 0 Å². The smallest absolute Gasteiger partial charge is 0.356 e. The maximum Gasteiger partial charge on any atom is 0.416 e. The Balaban J connectivity index is 1.55. The Kier molecular flexibility index (Phi) is 10.7. The molecule has 0 spiro atoms. The topological polar surface area (TPSA) is 24.1 Å². The second-order valence-electron chi connectivity index (χ2n) is 11.2. The summed E-state index contributed by atoms with van der Waals surface area (Å²) in [7, 11) is -2.26. The van der Waals surface area contributed by atoms with Gasteiger partial charge >= 0.3 is 12.4 Å². The first kappa shape index (κ1) is 34.1. The van der Waals surface area contributed by atoms with E-state index in [4.69, 9.17) is 12.2 Å². The zero-order valence-electron chi connectivity index (χ0n) is 25.1. The van der Waals surface area contributed by atoms with Gasteiger partial charge in [-0.05, 0) is 72.2 Å². The van der Waals surface area contributed by atoms with Gasteiger partial charge in [0.25, 0.3) is 0 Å². The highest BCUT2D eigenvalue weighted by atomic mass is 32.1. The van der Waals surface area contributed by atoms with Crippen LogP contribution in [0.3, 0.4) is 0 Å². The third-order valence-electron chi connectivity index (χ3n) is 7.83. The van der Waals surface area contributed by atoms with Crippen molar-refractivity contribution in [1.29, 1.82) is 0 Å². The Labute approximate surface area is 276 Å². The van der Waals surface area contributed by atoms with E-state index in [1.54, 1.807) is 0 Å². The van der Waals surface area contributed by atoms with Gasteiger partial charge in [0, 0.05) is 5.69 Å². The van der Waals surface area contributed by atoms with E-state index in [-0.39, 0.29) is 17.2 Å². The summed E-state index contributed by atoms with van der Waals surface area (Å²) in [5, 5.41) is 8.19. The molecular weight excluding hydrogens is 649 g/mol. The van der Waals surface area contributed by atoms with Crippen molar-refractivity contribution in [2.24, 2.45) is 0 Å². The zero-order chi connectivity index (χ0) is 33.5. The Morgan fingerprint density at radius 2 is 1.02 bits per heavy atom. The van der Waals surface area contributed by atoms with Gasteiger partial charge in [-0.2, -0.15) is 26.3 Å². The summed E-state index contributed by atoms with van der Waals surface area (Å²) < 4.78 is 81.4. The second-order valence-corrected chi connectivity index (χ2v) is 15.3. The molecule has 1 atom stereocenters. The fraction of sp³-hybridized carbons (Fsp3) is 0.162. The lowest BCUT2D eigenvalue weighted by molar-refractivity contribution is -0.143. The molecule has 0 amide bonds. The van der Waals surface area contributed by atoms with Crippen LogP contribution >= 0.6 is 19.5 Å². The van der Waals surface area contributed by atoms with Crippen LogP contribution in [0.15, 0.2) is 140 Å². The molecule has 0 saturated carbocycles. The number of halogens is 6. The van der Waals surface area contributed by atoms with Gasteiger partial charge in [0.05, 0.1) is 47.4 Å². The van der Waals surface area contributed by atoms with E-state index in [0.29, 0.717) is 24.7 Å². The predicted octanol–water partition coefficient (Wildman–Crippen LogP) is 9.49. The Morgan fingerprint density at radius 3 is 1.47 bits per heavy atom. The molecule has 0 heterocycles. The van der Waals surface area contributed by atoms with Crippen LogP contribution in [0.25, 0.3) is 0 Å². The number of hydrogen-bond acceptors (Lipinski definition) is 1. The van der Waals surface area contributed by atoms with Crippen LogP contribution in [0.5, 0.6) is 0 Å². The largest absolute Gasteiger partial charge is 0.416 e. The second kappa shape index (κ2) is 14.7. The number of nitrogens with one attached hydrogen (secondary N) is 2. The molecule has 0 bridgehead atoms. The monoisotopic (exact) mass is 681 g/mol. The van der Waals surface area contributed by atoms with Crippen LogP contribution in [0.1, 0.15) is 22.3 Å². The van der Waals surface area contributed by atoms with Gasteiger partial charge < -0.3 is 10.6 Å². The van der Waals surface area contributed by atoms with Crippen molar-refractivity contribution in [3.8, 4) is 0 Å². The quantitative estimate of drug-likeness (QED) is 0.0873. The van der Waals surface area contributed by atoms with E-state index in [0.717, 1.165) is 17.3 Å². The highest BCUT2D eigenvalue weighted by Crippen LogP contribution is 2.59. The van der Waals surface area contributed by atoms with Gasteiger partial charge in [-0.3, -0.25) is 0 Å². The minimum Gasteiger partial charge on any atom is -0.356 e. The summed E-state index contributed by atoms with van der Waals surface area (Å²) in [6.07, 6.45) is -8.11. The molecule has 47 heavy (non-hydrogen) atoms. The van der Waals surface area contributed by atoms with Gasteiger partial charge in [-0.1, -0.05) is 97.1 Å². The van der Waals surface area contributed by atoms with Crippen molar-refractivity contribution in [2.75, 3.05) is 11.5 Å². The van der Waals surface area contributed by atoms with Crippen molar-refractivity contribution < 1.29 is 26.3 Å². The first-order valence-corrected chi connectivity index (χ1v) is 17.4. The van der Waals surface area contributed by atoms with E-state index in [9.17, 15) is 26.3 Å². The molecule has 0 aliphatic rings. The first-order chi connectivity index (χ1) is 22.4. The molecule has 242 valence electrons. The van der Waals surface area contributed by atoms with Gasteiger partial charge in [0.2, 0.25) is 0 Å². The average Bonchev–Trinajstić information content (AvgIpc) is 3.05. The van der Waals surface area contributed by atoms with Crippen LogP contribution in [-0.4, -0.2) is 17.3 Å². The zero-order valence-corrected chi connectivity index (χ0v) is 26.8. The highest BCUT2D eigenvalue weighted by molar-refractivity contribution is 7.88. The molecule has 10 heteroatoms. The van der Waals surface area contributed by atoms with E-state index >= 15 is 0 Å². The maximum atomic E-state index is 13.6. The summed E-state index contributed by atoms with van der Waals surface area (Å²) in [6.45, 7) is 0. The van der Waals surface area contributed by atoms with Crippen molar-refractivity contribution in [3.63, 3.8) is 0 Å². The molecule has 0 aromatic heterocycles. The highest BCUT2D eigenvalue weighted by Gasteiger charge is 2.45. The summed E-state index contributed by atoms with van der Waals surface area (Å²) >= 11 is 5.58. The number of benzene rings is 5. The van der Waals surface area contributed by atoms with Crippen LogP contribution < -0.4 is 21.2 Å². The van der Waals surface area contributed by atoms with E-state index in [2.05, 4.69) is 47.0 Å². The van der Waals surface area contributed by atoms with Crippen molar-refractivity contribution >= 4 is 40.9 Å². The van der Waals surface area contributed by atoms with Crippen molar-refractivity contribution in [2.45, 2.75) is 31.0 Å². The SMILES string of the molecule is FC(F)(F)c1cc(NC(=S)N[C@@H](Cc2ccccc2)C[P+](Cc2ccccc2)(c2ccccc2)c2ccccc2)cc(C(F)(F)F)c1. The molecule has 0 saturated heterocycles. The standard InChI is InChI=1S/C37H31F6N2PS/c38-36(39,40)29-22-30(37(41,42)43)24-31(23-29)44-35(47)45-32(21-27-13-5-1-6-14-27)26-46(33-17-9-3-10-18-33,34-19-11-4-12-20-34)25-28-15-7-2-8-16-28/h1-20,22-24,32H,21,25-26H2,(H-,44,45,47)/p+1/t32-/m0/s1. The molecule has 0 aliphatic heterocycles. The minimum absolute atomic E-state index is 0.0719. The van der Waals surface area contributed by atoms with Crippen LogP contribution in [-0.2, 0) is 24.9 Å². The third kappa shape index (κ3) is 8.99. The molecule has 5 rings (SSSR count). The number of hydrogen-bond donors (Lipinski definition) is 2. The van der Waals surface area contributed by atoms with Crippen molar-refractivity contribution in [3.05, 3.63) is 162 Å². The fourth-order valence-electron chi connectivity index (χ4n) is 5.74. The Morgan fingerprint density at radius 1 is 0.596 bits per heavy atom. The summed E-state index contributed by atoms with van der Waals surface area (Å²) in [6, 6.07) is 41.4. The molecular formula is C37H32F6N2PS+. The van der Waals surface area contributed by atoms with Gasteiger partial charge in [-0.15, -0.1) is 0 Å². The Hall–Kier alpha value is -4.20. The van der Waals surface area contributed by atoms with Crippen LogP contribution in [0.4, 0.5) is 32.0 Å². The number of anilines is 1. The molecule has 5 aromatic carbocycles.